The van der Waals surface area contributed by atoms with Gasteiger partial charge in [0.15, 0.2) is 0 Å². The normalized spacial score (nSPS) is 28.6. The first-order chi connectivity index (χ1) is 11.2. The van der Waals surface area contributed by atoms with Gasteiger partial charge in [0.25, 0.3) is 0 Å². The molecule has 3 rings (SSSR count). The number of amides is 2. The van der Waals surface area contributed by atoms with Crippen molar-refractivity contribution in [3.05, 3.63) is 11.4 Å². The second-order valence-electron chi connectivity index (χ2n) is 6.73. The van der Waals surface area contributed by atoms with Gasteiger partial charge in [0, 0.05) is 18.5 Å². The molecule has 0 spiro atoms. The molecule has 1 aliphatic carbocycles. The van der Waals surface area contributed by atoms with Crippen molar-refractivity contribution in [3.63, 3.8) is 0 Å². The molecule has 1 aliphatic heterocycles. The molecule has 0 radical (unpaired) electrons. The number of rotatable bonds is 3. The predicted octanol–water partition coefficient (Wildman–Crippen LogP) is 1.99. The number of nitrogens with zero attached hydrogens (tertiary/aromatic N) is 3. The van der Waals surface area contributed by atoms with Crippen LogP contribution < -0.4 is 5.32 Å². The predicted molar refractivity (Wildman–Crippen MR) is 83.6 cm³/mol. The van der Waals surface area contributed by atoms with Crippen molar-refractivity contribution in [2.45, 2.75) is 70.6 Å². The second-order valence-corrected chi connectivity index (χ2v) is 6.73. The van der Waals surface area contributed by atoms with E-state index in [0.29, 0.717) is 17.9 Å². The van der Waals surface area contributed by atoms with E-state index in [9.17, 15) is 9.90 Å². The third-order valence-corrected chi connectivity index (χ3v) is 5.24. The van der Waals surface area contributed by atoms with E-state index in [2.05, 4.69) is 20.3 Å². The highest BCUT2D eigenvalue weighted by molar-refractivity contribution is 5.74. The fourth-order valence-electron chi connectivity index (χ4n) is 3.91. The van der Waals surface area contributed by atoms with Crippen LogP contribution in [0.1, 0.15) is 56.3 Å². The highest BCUT2D eigenvalue weighted by Gasteiger charge is 2.37. The van der Waals surface area contributed by atoms with Crippen LogP contribution in [-0.4, -0.2) is 45.0 Å². The largest absolute Gasteiger partial charge is 0.393 e. The van der Waals surface area contributed by atoms with Crippen molar-refractivity contribution in [2.24, 2.45) is 5.92 Å². The van der Waals surface area contributed by atoms with Gasteiger partial charge in [-0.05, 0) is 39.0 Å². The third-order valence-electron chi connectivity index (χ3n) is 5.24. The zero-order valence-corrected chi connectivity index (χ0v) is 13.7. The number of aliphatic hydroxyl groups excluding tert-OH is 1. The average molecular weight is 322 g/mol. The molecule has 2 N–H and O–H groups in total. The first-order valence-electron chi connectivity index (χ1n) is 8.67. The highest BCUT2D eigenvalue weighted by atomic mass is 16.6. The molecular weight excluding hydrogens is 296 g/mol. The van der Waals surface area contributed by atoms with Gasteiger partial charge in [0.2, 0.25) is 0 Å². The number of aryl methyl sites for hydroxylation is 1. The number of likely N-dealkylation sites (tertiary alicyclic amines) is 1. The Bertz CT molecular complexity index is 533. The van der Waals surface area contributed by atoms with Gasteiger partial charge in [-0.1, -0.05) is 23.2 Å². The van der Waals surface area contributed by atoms with Gasteiger partial charge >= 0.3 is 6.03 Å². The molecule has 3 atom stereocenters. The average Bonchev–Trinajstić information content (AvgIpc) is 2.98. The summed E-state index contributed by atoms with van der Waals surface area (Å²) < 4.78 is 4.66. The van der Waals surface area contributed by atoms with Crippen molar-refractivity contribution in [2.75, 3.05) is 6.54 Å². The second kappa shape index (κ2) is 7.29. The van der Waals surface area contributed by atoms with Crippen LogP contribution in [0.2, 0.25) is 0 Å². The van der Waals surface area contributed by atoms with Crippen LogP contribution in [0.25, 0.3) is 0 Å². The maximum atomic E-state index is 12.6. The Labute approximate surface area is 136 Å². The van der Waals surface area contributed by atoms with E-state index in [0.717, 1.165) is 51.5 Å². The van der Waals surface area contributed by atoms with E-state index in [1.54, 1.807) is 6.92 Å². The van der Waals surface area contributed by atoms with Crippen LogP contribution in [0, 0.1) is 12.8 Å². The number of hydrogen-bond donors (Lipinski definition) is 2. The number of aliphatic hydroxyl groups is 1. The van der Waals surface area contributed by atoms with Crippen LogP contribution in [0.3, 0.4) is 0 Å². The molecule has 1 saturated heterocycles. The molecule has 2 amide bonds. The van der Waals surface area contributed by atoms with E-state index in [-0.39, 0.29) is 24.1 Å². The van der Waals surface area contributed by atoms with Crippen molar-refractivity contribution in [3.8, 4) is 0 Å². The Kier molecular flexibility index (Phi) is 5.15. The Balaban J connectivity index is 1.63. The first-order valence-corrected chi connectivity index (χ1v) is 8.67. The summed E-state index contributed by atoms with van der Waals surface area (Å²) in [6, 6.07) is 0.0745. The quantitative estimate of drug-likeness (QED) is 0.888. The minimum atomic E-state index is -0.274. The SMILES string of the molecule is Cc1nonc1CNC(=O)N1CCCCC1C1CCCCC1O. The van der Waals surface area contributed by atoms with E-state index in [4.69, 9.17) is 0 Å². The molecule has 1 aromatic rings. The number of nitrogens with one attached hydrogen (secondary N) is 1. The van der Waals surface area contributed by atoms with E-state index < -0.39 is 0 Å². The van der Waals surface area contributed by atoms with Crippen molar-refractivity contribution in [1.29, 1.82) is 0 Å². The van der Waals surface area contributed by atoms with Gasteiger partial charge in [0.05, 0.1) is 12.6 Å². The maximum Gasteiger partial charge on any atom is 0.317 e. The number of hydrogen-bond acceptors (Lipinski definition) is 5. The summed E-state index contributed by atoms with van der Waals surface area (Å²) in [7, 11) is 0. The first kappa shape index (κ1) is 16.2. The molecule has 1 saturated carbocycles. The molecule has 7 heteroatoms. The lowest BCUT2D eigenvalue weighted by molar-refractivity contribution is 0.00833. The van der Waals surface area contributed by atoms with Crippen LogP contribution in [-0.2, 0) is 6.54 Å². The number of aromatic nitrogens is 2. The Morgan fingerprint density at radius 2 is 2.04 bits per heavy atom. The molecule has 0 aromatic carbocycles. The molecule has 128 valence electrons. The minimum absolute atomic E-state index is 0.0742. The Morgan fingerprint density at radius 1 is 1.26 bits per heavy atom. The van der Waals surface area contributed by atoms with Gasteiger partial charge < -0.3 is 15.3 Å². The summed E-state index contributed by atoms with van der Waals surface area (Å²) in [4.78, 5) is 14.5. The van der Waals surface area contributed by atoms with Crippen molar-refractivity contribution >= 4 is 6.03 Å². The van der Waals surface area contributed by atoms with Crippen LogP contribution in [0.5, 0.6) is 0 Å². The van der Waals surface area contributed by atoms with Gasteiger partial charge in [-0.15, -0.1) is 0 Å². The van der Waals surface area contributed by atoms with Crippen molar-refractivity contribution < 1.29 is 14.5 Å². The molecule has 7 nitrogen and oxygen atoms in total. The van der Waals surface area contributed by atoms with E-state index in [1.807, 2.05) is 4.90 Å². The molecule has 23 heavy (non-hydrogen) atoms. The van der Waals surface area contributed by atoms with Crippen LogP contribution in [0.15, 0.2) is 4.63 Å². The maximum absolute atomic E-state index is 12.6. The standard InChI is InChI=1S/C16H26N4O3/c1-11-13(19-23-18-11)10-17-16(22)20-9-5-4-7-14(20)12-6-2-3-8-15(12)21/h12,14-15,21H,2-10H2,1H3,(H,17,22). The lowest BCUT2D eigenvalue weighted by Crippen LogP contribution is -2.54. The molecule has 1 aromatic heterocycles. The van der Waals surface area contributed by atoms with Gasteiger partial charge in [-0.2, -0.15) is 0 Å². The van der Waals surface area contributed by atoms with E-state index >= 15 is 0 Å². The topological polar surface area (TPSA) is 91.5 Å². The molecule has 0 bridgehead atoms. The third kappa shape index (κ3) is 3.65. The van der Waals surface area contributed by atoms with E-state index in [1.165, 1.54) is 0 Å². The lowest BCUT2D eigenvalue weighted by Gasteiger charge is -2.43. The number of piperidine rings is 1. The molecule has 2 fully saturated rings. The summed E-state index contributed by atoms with van der Waals surface area (Å²) in [5.74, 6) is 0.213. The fourth-order valence-corrected chi connectivity index (χ4v) is 3.91. The monoisotopic (exact) mass is 322 g/mol. The zero-order chi connectivity index (χ0) is 16.2. The molecule has 2 heterocycles. The fraction of sp³-hybridized carbons (Fsp3) is 0.812. The smallest absolute Gasteiger partial charge is 0.317 e. The zero-order valence-electron chi connectivity index (χ0n) is 13.7. The van der Waals surface area contributed by atoms with Crippen LogP contribution in [0.4, 0.5) is 4.79 Å². The van der Waals surface area contributed by atoms with Gasteiger partial charge in [0.1, 0.15) is 11.4 Å². The van der Waals surface area contributed by atoms with Crippen molar-refractivity contribution in [1.82, 2.24) is 20.5 Å². The Hall–Kier alpha value is -1.63. The highest BCUT2D eigenvalue weighted by Crippen LogP contribution is 2.34. The lowest BCUT2D eigenvalue weighted by atomic mass is 9.78. The summed E-state index contributed by atoms with van der Waals surface area (Å²) in [5, 5.41) is 20.8. The summed E-state index contributed by atoms with van der Waals surface area (Å²) in [6.07, 6.45) is 6.99. The number of carbonyl (C=O) groups excluding carboxylic acids is 1. The summed E-state index contributed by atoms with van der Waals surface area (Å²) >= 11 is 0. The number of urea groups is 1. The number of carbonyl (C=O) groups is 1. The minimum Gasteiger partial charge on any atom is -0.393 e. The van der Waals surface area contributed by atoms with Gasteiger partial charge in [-0.25, -0.2) is 9.42 Å². The molecular formula is C16H26N4O3. The Morgan fingerprint density at radius 3 is 2.78 bits per heavy atom. The van der Waals surface area contributed by atoms with Gasteiger partial charge in [-0.3, -0.25) is 0 Å². The summed E-state index contributed by atoms with van der Waals surface area (Å²) in [6.45, 7) is 2.89. The summed E-state index contributed by atoms with van der Waals surface area (Å²) in [5.41, 5.74) is 1.35. The molecule has 2 aliphatic rings. The molecule has 3 unspecified atom stereocenters. The van der Waals surface area contributed by atoms with Crippen LogP contribution >= 0.6 is 0 Å².